The molecule has 3 heteroatoms. The lowest BCUT2D eigenvalue weighted by Crippen LogP contribution is -2.46. The number of rotatable bonds is 0. The van der Waals surface area contributed by atoms with Gasteiger partial charge in [-0.25, -0.2) is 0 Å². The lowest BCUT2D eigenvalue weighted by molar-refractivity contribution is -0.167. The lowest BCUT2D eigenvalue weighted by Gasteiger charge is -2.50. The van der Waals surface area contributed by atoms with Crippen molar-refractivity contribution in [3.05, 3.63) is 29.3 Å². The molecule has 3 nitrogen and oxygen atoms in total. The number of ether oxygens (including phenoxy) is 1. The first-order valence-electron chi connectivity index (χ1n) is 9.57. The highest BCUT2D eigenvalue weighted by Gasteiger charge is 2.60. The van der Waals surface area contributed by atoms with Gasteiger partial charge in [0.2, 0.25) is 0 Å². The average molecular weight is 326 g/mol. The van der Waals surface area contributed by atoms with Gasteiger partial charge >= 0.3 is 5.97 Å². The summed E-state index contributed by atoms with van der Waals surface area (Å²) in [7, 11) is 0. The Hall–Kier alpha value is -1.51. The maximum atomic E-state index is 11.9. The van der Waals surface area contributed by atoms with Crippen molar-refractivity contribution in [2.24, 2.45) is 23.2 Å². The zero-order valence-corrected chi connectivity index (χ0v) is 14.3. The van der Waals surface area contributed by atoms with Gasteiger partial charge in [-0.3, -0.25) is 4.79 Å². The molecule has 128 valence electrons. The van der Waals surface area contributed by atoms with E-state index < -0.39 is 0 Å². The number of carbonyl (C=O) groups is 1. The third-order valence-corrected chi connectivity index (χ3v) is 7.76. The van der Waals surface area contributed by atoms with Crippen molar-refractivity contribution in [1.82, 2.24) is 0 Å². The van der Waals surface area contributed by atoms with E-state index in [0.29, 0.717) is 35.8 Å². The second kappa shape index (κ2) is 5.00. The van der Waals surface area contributed by atoms with E-state index in [0.717, 1.165) is 19.3 Å². The predicted molar refractivity (Wildman–Crippen MR) is 90.7 cm³/mol. The van der Waals surface area contributed by atoms with Crippen LogP contribution in [0.4, 0.5) is 0 Å². The van der Waals surface area contributed by atoms with E-state index in [1.165, 1.54) is 30.4 Å². The van der Waals surface area contributed by atoms with Crippen LogP contribution < -0.4 is 0 Å². The monoisotopic (exact) mass is 326 g/mol. The van der Waals surface area contributed by atoms with Crippen molar-refractivity contribution in [2.75, 3.05) is 0 Å². The first-order chi connectivity index (χ1) is 11.6. The molecule has 4 aliphatic rings. The van der Waals surface area contributed by atoms with Gasteiger partial charge in [-0.15, -0.1) is 0 Å². The first-order valence-corrected chi connectivity index (χ1v) is 9.57. The van der Waals surface area contributed by atoms with Gasteiger partial charge in [0.1, 0.15) is 11.9 Å². The Morgan fingerprint density at radius 3 is 2.96 bits per heavy atom. The summed E-state index contributed by atoms with van der Waals surface area (Å²) in [5, 5.41) is 9.79. The number of aromatic hydroxyl groups is 1. The molecular formula is C21H26O3. The fourth-order valence-electron chi connectivity index (χ4n) is 6.71. The van der Waals surface area contributed by atoms with Crippen LogP contribution in [0.5, 0.6) is 5.75 Å². The molecular weight excluding hydrogens is 300 g/mol. The second-order valence-corrected chi connectivity index (χ2v) is 8.79. The van der Waals surface area contributed by atoms with E-state index in [9.17, 15) is 9.90 Å². The predicted octanol–water partition coefficient (Wildman–Crippen LogP) is 4.18. The van der Waals surface area contributed by atoms with Crippen LogP contribution in [0.3, 0.4) is 0 Å². The van der Waals surface area contributed by atoms with E-state index in [-0.39, 0.29) is 17.5 Å². The number of carbonyl (C=O) groups excluding carboxylic acids is 1. The molecule has 1 aromatic rings. The molecule has 5 rings (SSSR count). The zero-order valence-electron chi connectivity index (χ0n) is 14.3. The summed E-state index contributed by atoms with van der Waals surface area (Å²) >= 11 is 0. The molecule has 3 fully saturated rings. The van der Waals surface area contributed by atoms with Gasteiger partial charge in [0.25, 0.3) is 0 Å². The highest BCUT2D eigenvalue weighted by Crippen LogP contribution is 2.64. The number of aryl methyl sites for hydroxylation is 1. The van der Waals surface area contributed by atoms with Gasteiger partial charge in [0.15, 0.2) is 0 Å². The van der Waals surface area contributed by atoms with Crippen LogP contribution in [-0.2, 0) is 16.0 Å². The van der Waals surface area contributed by atoms with Gasteiger partial charge in [-0.05, 0) is 85.5 Å². The average Bonchev–Trinajstić information content (AvgIpc) is 2.87. The van der Waals surface area contributed by atoms with Gasteiger partial charge in [0, 0.05) is 11.8 Å². The molecule has 3 aliphatic carbocycles. The molecule has 0 bridgehead atoms. The minimum atomic E-state index is 0.0183. The topological polar surface area (TPSA) is 46.5 Å². The maximum Gasteiger partial charge on any atom is 0.306 e. The third kappa shape index (κ3) is 1.93. The number of benzene rings is 1. The second-order valence-electron chi connectivity index (χ2n) is 8.79. The van der Waals surface area contributed by atoms with Crippen molar-refractivity contribution in [1.29, 1.82) is 0 Å². The molecule has 1 N–H and O–H groups in total. The minimum Gasteiger partial charge on any atom is -0.508 e. The van der Waals surface area contributed by atoms with Crippen molar-refractivity contribution in [2.45, 2.75) is 63.9 Å². The fourth-order valence-corrected chi connectivity index (χ4v) is 6.71. The summed E-state index contributed by atoms with van der Waals surface area (Å²) in [5.74, 6) is 3.02. The first kappa shape index (κ1) is 14.8. The van der Waals surface area contributed by atoms with Gasteiger partial charge < -0.3 is 9.84 Å². The van der Waals surface area contributed by atoms with E-state index in [2.05, 4.69) is 13.0 Å². The summed E-state index contributed by atoms with van der Waals surface area (Å²) in [6.45, 7) is 2.39. The van der Waals surface area contributed by atoms with Gasteiger partial charge in [0.05, 0.1) is 0 Å². The molecule has 1 aromatic carbocycles. The molecule has 0 spiro atoms. The summed E-state index contributed by atoms with van der Waals surface area (Å²) in [6, 6.07) is 5.98. The Morgan fingerprint density at radius 2 is 2.08 bits per heavy atom. The largest absolute Gasteiger partial charge is 0.508 e. The smallest absolute Gasteiger partial charge is 0.306 e. The van der Waals surface area contributed by atoms with Crippen LogP contribution in [0, 0.1) is 23.2 Å². The Balaban J connectivity index is 1.49. The number of phenols is 1. The third-order valence-electron chi connectivity index (χ3n) is 7.76. The summed E-state index contributed by atoms with van der Waals surface area (Å²) in [4.78, 5) is 11.9. The highest BCUT2D eigenvalue weighted by molar-refractivity contribution is 5.70. The Morgan fingerprint density at radius 1 is 1.21 bits per heavy atom. The van der Waals surface area contributed by atoms with Crippen LogP contribution in [0.2, 0.25) is 0 Å². The van der Waals surface area contributed by atoms with Crippen molar-refractivity contribution >= 4 is 5.97 Å². The Kier molecular flexibility index (Phi) is 3.08. The van der Waals surface area contributed by atoms with Gasteiger partial charge in [-0.2, -0.15) is 0 Å². The van der Waals surface area contributed by atoms with Gasteiger partial charge in [-0.1, -0.05) is 13.0 Å². The van der Waals surface area contributed by atoms with Crippen LogP contribution in [-0.4, -0.2) is 17.2 Å². The molecule has 6 atom stereocenters. The number of fused-ring (bicyclic) bond motifs is 7. The quantitative estimate of drug-likeness (QED) is 0.728. The number of esters is 1. The Bertz CT molecular complexity index is 696. The number of phenolic OH excluding ortho intramolecular Hbond substituents is 1. The summed E-state index contributed by atoms with van der Waals surface area (Å²) in [6.07, 6.45) is 7.68. The van der Waals surface area contributed by atoms with E-state index in [4.69, 9.17) is 4.74 Å². The van der Waals surface area contributed by atoms with Crippen molar-refractivity contribution in [3.63, 3.8) is 0 Å². The molecule has 0 radical (unpaired) electrons. The van der Waals surface area contributed by atoms with Crippen LogP contribution in [0.1, 0.15) is 62.5 Å². The van der Waals surface area contributed by atoms with Crippen molar-refractivity contribution in [3.8, 4) is 5.75 Å². The molecule has 0 unspecified atom stereocenters. The van der Waals surface area contributed by atoms with E-state index in [1.807, 2.05) is 12.1 Å². The zero-order chi connectivity index (χ0) is 16.5. The summed E-state index contributed by atoms with van der Waals surface area (Å²) in [5.41, 5.74) is 3.00. The molecule has 0 aromatic heterocycles. The van der Waals surface area contributed by atoms with E-state index in [1.54, 1.807) is 0 Å². The molecule has 2 saturated carbocycles. The SMILES string of the molecule is C[C@]12CC[C@@H]3c4ccc(O)cc4CC[C@H]3[C@@H]1C[C@@H]1CCC(=O)O[C@@H]12. The summed E-state index contributed by atoms with van der Waals surface area (Å²) < 4.78 is 5.88. The number of hydrogen-bond acceptors (Lipinski definition) is 3. The fraction of sp³-hybridized carbons (Fsp3) is 0.667. The molecule has 1 aliphatic heterocycles. The Labute approximate surface area is 143 Å². The normalized spacial score (nSPS) is 43.2. The minimum absolute atomic E-state index is 0.0183. The van der Waals surface area contributed by atoms with Crippen molar-refractivity contribution < 1.29 is 14.6 Å². The maximum absolute atomic E-state index is 11.9. The van der Waals surface area contributed by atoms with Crippen LogP contribution >= 0.6 is 0 Å². The van der Waals surface area contributed by atoms with Crippen LogP contribution in [0.15, 0.2) is 18.2 Å². The highest BCUT2D eigenvalue weighted by atomic mass is 16.5. The standard InChI is InChI=1S/C21H26O3/c1-21-9-8-16-15-6-4-14(22)10-12(15)2-5-17(16)18(21)11-13-3-7-19(23)24-20(13)21/h4,6,10,13,16-18,20,22H,2-3,5,7-9,11H2,1H3/t13-,16+,17+,18-,20-,21-/m0/s1. The van der Waals surface area contributed by atoms with Crippen LogP contribution in [0.25, 0.3) is 0 Å². The number of hydrogen-bond donors (Lipinski definition) is 1. The molecule has 24 heavy (non-hydrogen) atoms. The molecule has 0 amide bonds. The lowest BCUT2D eigenvalue weighted by atomic mass is 9.55. The molecule has 1 heterocycles. The van der Waals surface area contributed by atoms with E-state index >= 15 is 0 Å². The molecule has 1 saturated heterocycles.